The van der Waals surface area contributed by atoms with E-state index in [2.05, 4.69) is 10.3 Å². The minimum Gasteiger partial charge on any atom is -0.497 e. The predicted octanol–water partition coefficient (Wildman–Crippen LogP) is 2.41. The van der Waals surface area contributed by atoms with E-state index in [1.807, 2.05) is 32.8 Å². The van der Waals surface area contributed by atoms with E-state index in [9.17, 15) is 9.59 Å². The van der Waals surface area contributed by atoms with Crippen molar-refractivity contribution in [3.05, 3.63) is 40.4 Å². The summed E-state index contributed by atoms with van der Waals surface area (Å²) in [6, 6.07) is 6.88. The van der Waals surface area contributed by atoms with Gasteiger partial charge in [-0.25, -0.2) is 4.98 Å². The first-order chi connectivity index (χ1) is 12.8. The summed E-state index contributed by atoms with van der Waals surface area (Å²) in [7, 11) is 5.43. The lowest BCUT2D eigenvalue weighted by atomic mass is 10.2. The fourth-order valence-corrected chi connectivity index (χ4v) is 3.18. The molecule has 2 amide bonds. The van der Waals surface area contributed by atoms with Gasteiger partial charge in [-0.15, -0.1) is 11.3 Å². The number of thiazole rings is 1. The molecule has 1 aromatic carbocycles. The molecule has 0 unspecified atom stereocenters. The van der Waals surface area contributed by atoms with Crippen molar-refractivity contribution in [1.82, 2.24) is 14.8 Å². The Labute approximate surface area is 164 Å². The lowest BCUT2D eigenvalue weighted by Gasteiger charge is -2.24. The monoisotopic (exact) mass is 390 g/mol. The van der Waals surface area contributed by atoms with E-state index in [1.165, 1.54) is 11.3 Å². The highest BCUT2D eigenvalue weighted by Gasteiger charge is 2.20. The topological polar surface area (TPSA) is 74.8 Å². The molecule has 0 bridgehead atoms. The maximum Gasteiger partial charge on any atom is 0.254 e. The second-order valence-electron chi connectivity index (χ2n) is 6.47. The quantitative estimate of drug-likeness (QED) is 0.749. The Morgan fingerprint density at radius 1 is 1.15 bits per heavy atom. The van der Waals surface area contributed by atoms with Crippen LogP contribution in [0.5, 0.6) is 5.75 Å². The van der Waals surface area contributed by atoms with Crippen molar-refractivity contribution in [3.8, 4) is 5.75 Å². The van der Waals surface area contributed by atoms with Crippen LogP contribution in [0.1, 0.15) is 20.9 Å². The predicted molar refractivity (Wildman–Crippen MR) is 108 cm³/mol. The molecule has 1 heterocycles. The number of likely N-dealkylation sites (N-methyl/N-ethyl adjacent to an activating group) is 1. The number of hydrogen-bond acceptors (Lipinski definition) is 6. The summed E-state index contributed by atoms with van der Waals surface area (Å²) >= 11 is 1.43. The first kappa shape index (κ1) is 20.9. The third-order valence-corrected chi connectivity index (χ3v) is 5.04. The van der Waals surface area contributed by atoms with Crippen LogP contribution < -0.4 is 10.1 Å². The van der Waals surface area contributed by atoms with E-state index in [4.69, 9.17) is 4.74 Å². The number of nitrogens with zero attached hydrogens (tertiary/aromatic N) is 3. The van der Waals surface area contributed by atoms with E-state index >= 15 is 0 Å². The fraction of sp³-hybridized carbons (Fsp3) is 0.421. The Morgan fingerprint density at radius 2 is 1.81 bits per heavy atom. The van der Waals surface area contributed by atoms with E-state index in [0.717, 1.165) is 10.6 Å². The minimum absolute atomic E-state index is 0.0314. The highest BCUT2D eigenvalue weighted by molar-refractivity contribution is 7.15. The van der Waals surface area contributed by atoms with Crippen LogP contribution in [0.4, 0.5) is 5.13 Å². The van der Waals surface area contributed by atoms with Gasteiger partial charge in [-0.1, -0.05) is 0 Å². The molecule has 2 aromatic rings. The van der Waals surface area contributed by atoms with Crippen LogP contribution in [-0.2, 0) is 4.79 Å². The van der Waals surface area contributed by atoms with Gasteiger partial charge in [0.15, 0.2) is 5.13 Å². The Bertz CT molecular complexity index is 767. The first-order valence-corrected chi connectivity index (χ1v) is 9.43. The normalized spacial score (nSPS) is 10.7. The number of aromatic nitrogens is 1. The number of ether oxygens (including phenoxy) is 1. The third-order valence-electron chi connectivity index (χ3n) is 4.05. The number of carbonyl (C=O) groups excluding carboxylic acids is 2. The van der Waals surface area contributed by atoms with E-state index < -0.39 is 0 Å². The Morgan fingerprint density at radius 3 is 2.33 bits per heavy atom. The molecular formula is C19H26N4O3S. The molecule has 146 valence electrons. The second kappa shape index (κ2) is 9.48. The molecule has 0 aliphatic rings. The Kier molecular flexibility index (Phi) is 7.32. The molecule has 1 N–H and O–H groups in total. The molecule has 2 rings (SSSR count). The summed E-state index contributed by atoms with van der Waals surface area (Å²) in [6.45, 7) is 4.93. The van der Waals surface area contributed by atoms with Gasteiger partial charge in [0, 0.05) is 23.5 Å². The van der Waals surface area contributed by atoms with Crippen molar-refractivity contribution in [1.29, 1.82) is 0 Å². The summed E-state index contributed by atoms with van der Waals surface area (Å²) in [4.78, 5) is 34.2. The number of methoxy groups -OCH3 is 1. The number of carbonyl (C=O) groups is 2. The SMILES string of the molecule is COc1ccc(C(=O)N(CCN(C)C)CC(=O)Nc2nc(C)c(C)s2)cc1. The van der Waals surface area contributed by atoms with Gasteiger partial charge < -0.3 is 19.9 Å². The minimum atomic E-state index is -0.260. The largest absolute Gasteiger partial charge is 0.497 e. The molecule has 0 radical (unpaired) electrons. The van der Waals surface area contributed by atoms with Gasteiger partial charge in [0.1, 0.15) is 12.3 Å². The Balaban J connectivity index is 2.09. The second-order valence-corrected chi connectivity index (χ2v) is 7.67. The molecule has 7 nitrogen and oxygen atoms in total. The molecule has 0 atom stereocenters. The van der Waals surface area contributed by atoms with Crippen molar-refractivity contribution in [2.24, 2.45) is 0 Å². The van der Waals surface area contributed by atoms with E-state index in [1.54, 1.807) is 36.3 Å². The maximum atomic E-state index is 12.9. The molecule has 27 heavy (non-hydrogen) atoms. The molecule has 0 aliphatic heterocycles. The molecule has 0 spiro atoms. The Hall–Kier alpha value is -2.45. The summed E-state index contributed by atoms with van der Waals surface area (Å²) in [5.74, 6) is 0.226. The van der Waals surface area contributed by atoms with Crippen LogP contribution in [0.25, 0.3) is 0 Å². The van der Waals surface area contributed by atoms with E-state index in [0.29, 0.717) is 29.5 Å². The van der Waals surface area contributed by atoms with E-state index in [-0.39, 0.29) is 18.4 Å². The smallest absolute Gasteiger partial charge is 0.254 e. The number of aryl methyl sites for hydroxylation is 2. The number of rotatable bonds is 8. The zero-order valence-corrected chi connectivity index (χ0v) is 17.2. The number of nitrogens with one attached hydrogen (secondary N) is 1. The zero-order chi connectivity index (χ0) is 20.0. The maximum absolute atomic E-state index is 12.9. The summed E-state index contributed by atoms with van der Waals surface area (Å²) in [5, 5.41) is 3.34. The van der Waals surface area contributed by atoms with Gasteiger partial charge in [0.2, 0.25) is 5.91 Å². The van der Waals surface area contributed by atoms with Crippen LogP contribution in [0.15, 0.2) is 24.3 Å². The number of anilines is 1. The van der Waals surface area contributed by atoms with Crippen molar-refractivity contribution in [2.75, 3.05) is 46.2 Å². The van der Waals surface area contributed by atoms with Crippen molar-refractivity contribution in [3.63, 3.8) is 0 Å². The van der Waals surface area contributed by atoms with Crippen molar-refractivity contribution in [2.45, 2.75) is 13.8 Å². The highest BCUT2D eigenvalue weighted by Crippen LogP contribution is 2.21. The lowest BCUT2D eigenvalue weighted by Crippen LogP contribution is -2.41. The van der Waals surface area contributed by atoms with Gasteiger partial charge in [-0.3, -0.25) is 9.59 Å². The average Bonchev–Trinajstić information content (AvgIpc) is 2.95. The zero-order valence-electron chi connectivity index (χ0n) is 16.4. The number of amides is 2. The summed E-state index contributed by atoms with van der Waals surface area (Å²) < 4.78 is 5.13. The lowest BCUT2D eigenvalue weighted by molar-refractivity contribution is -0.116. The molecule has 8 heteroatoms. The van der Waals surface area contributed by atoms with Crippen LogP contribution >= 0.6 is 11.3 Å². The summed E-state index contributed by atoms with van der Waals surface area (Å²) in [6.07, 6.45) is 0. The van der Waals surface area contributed by atoms with Gasteiger partial charge in [0.25, 0.3) is 5.91 Å². The standard InChI is InChI=1S/C19H26N4O3S/c1-13-14(2)27-19(20-13)21-17(24)12-23(11-10-22(3)4)18(25)15-6-8-16(26-5)9-7-15/h6-9H,10-12H2,1-5H3,(H,20,21,24). The molecule has 0 fully saturated rings. The van der Waals surface area contributed by atoms with Crippen molar-refractivity contribution < 1.29 is 14.3 Å². The van der Waals surface area contributed by atoms with Gasteiger partial charge >= 0.3 is 0 Å². The van der Waals surface area contributed by atoms with Crippen LogP contribution in [0.3, 0.4) is 0 Å². The van der Waals surface area contributed by atoms with Gasteiger partial charge in [-0.2, -0.15) is 0 Å². The fourth-order valence-electron chi connectivity index (χ4n) is 2.35. The van der Waals surface area contributed by atoms with Crippen LogP contribution in [0.2, 0.25) is 0 Å². The van der Waals surface area contributed by atoms with Gasteiger partial charge in [-0.05, 0) is 52.2 Å². The van der Waals surface area contributed by atoms with Gasteiger partial charge in [0.05, 0.1) is 12.8 Å². The molecule has 0 saturated carbocycles. The molecule has 0 saturated heterocycles. The number of benzene rings is 1. The number of hydrogen-bond donors (Lipinski definition) is 1. The van der Waals surface area contributed by atoms with Crippen LogP contribution in [-0.4, -0.2) is 67.4 Å². The average molecular weight is 391 g/mol. The van der Waals surface area contributed by atoms with Crippen molar-refractivity contribution >= 4 is 28.3 Å². The first-order valence-electron chi connectivity index (χ1n) is 8.62. The summed E-state index contributed by atoms with van der Waals surface area (Å²) in [5.41, 5.74) is 1.41. The van der Waals surface area contributed by atoms with Crippen LogP contribution in [0, 0.1) is 13.8 Å². The molecular weight excluding hydrogens is 364 g/mol. The molecule has 1 aromatic heterocycles. The molecule has 0 aliphatic carbocycles. The third kappa shape index (κ3) is 6.04. The highest BCUT2D eigenvalue weighted by atomic mass is 32.1.